The van der Waals surface area contributed by atoms with E-state index in [1.807, 2.05) is 19.1 Å². The second-order valence-electron chi connectivity index (χ2n) is 8.42. The third kappa shape index (κ3) is 6.32. The number of nitrogens with one attached hydrogen (secondary N) is 3. The molecule has 0 unspecified atom stereocenters. The molecule has 3 aromatic heterocycles. The molecule has 4 rings (SSSR count). The Morgan fingerprint density at radius 1 is 1.15 bits per heavy atom. The van der Waals surface area contributed by atoms with Crippen LogP contribution in [0, 0.1) is 22.7 Å². The van der Waals surface area contributed by atoms with Crippen LogP contribution in [0.3, 0.4) is 0 Å². The molecule has 3 heterocycles. The van der Waals surface area contributed by atoms with Crippen molar-refractivity contribution in [3.8, 4) is 23.4 Å². The molecule has 0 saturated carbocycles. The third-order valence-electron chi connectivity index (χ3n) is 5.85. The molecule has 40 heavy (non-hydrogen) atoms. The van der Waals surface area contributed by atoms with Crippen molar-refractivity contribution < 1.29 is 19.4 Å². The molecule has 4 aromatic rings. The lowest BCUT2D eigenvalue weighted by atomic mass is 10.0. The van der Waals surface area contributed by atoms with Crippen molar-refractivity contribution in [1.82, 2.24) is 34.8 Å². The van der Waals surface area contributed by atoms with Crippen LogP contribution in [-0.2, 0) is 17.7 Å². The van der Waals surface area contributed by atoms with Crippen molar-refractivity contribution in [3.63, 3.8) is 0 Å². The first-order valence-electron chi connectivity index (χ1n) is 12.3. The zero-order valence-corrected chi connectivity index (χ0v) is 21.6. The zero-order valence-electron chi connectivity index (χ0n) is 21.6. The number of fused-ring (bicyclic) bond motifs is 1. The summed E-state index contributed by atoms with van der Waals surface area (Å²) in [7, 11) is 0. The maximum Gasteiger partial charge on any atom is 0.404 e. The van der Waals surface area contributed by atoms with E-state index in [1.54, 1.807) is 41.3 Å². The molecule has 0 atom stereocenters. The first kappa shape index (κ1) is 27.6. The van der Waals surface area contributed by atoms with Gasteiger partial charge < -0.3 is 25.8 Å². The standard InChI is InChI=1S/C26H26N10O4/c1-2-17-13-18(3-4-19(17)25(37)30-7-11-40-12-8-31-26(38)39)33-23-24-32-15-22(36(24)10-6-29-23)20-16-35(9-5-27)34-21(20)14-28/h3-4,6,10,13,15-16,31H,2,7-9,11-12H2,1H3,(H,29,33)(H,30,37)(H,38,39). The van der Waals surface area contributed by atoms with Crippen molar-refractivity contribution in [2.24, 2.45) is 0 Å². The number of benzene rings is 1. The number of rotatable bonds is 12. The Labute approximate surface area is 228 Å². The summed E-state index contributed by atoms with van der Waals surface area (Å²) in [5.41, 5.74) is 3.96. The van der Waals surface area contributed by atoms with Gasteiger partial charge in [-0.2, -0.15) is 15.6 Å². The molecule has 0 bridgehead atoms. The van der Waals surface area contributed by atoms with Gasteiger partial charge in [0.15, 0.2) is 17.2 Å². The summed E-state index contributed by atoms with van der Waals surface area (Å²) in [5, 5.41) is 39.5. The molecule has 14 nitrogen and oxygen atoms in total. The summed E-state index contributed by atoms with van der Waals surface area (Å²) in [6, 6.07) is 9.45. The number of hydrogen-bond donors (Lipinski definition) is 4. The summed E-state index contributed by atoms with van der Waals surface area (Å²) in [6.45, 7) is 2.90. The molecule has 4 N–H and O–H groups in total. The average molecular weight is 543 g/mol. The van der Waals surface area contributed by atoms with Crippen LogP contribution in [0.25, 0.3) is 16.9 Å². The number of ether oxygens (including phenoxy) is 1. The number of nitrogens with zero attached hydrogens (tertiary/aromatic N) is 7. The molecular weight excluding hydrogens is 516 g/mol. The zero-order chi connectivity index (χ0) is 28.5. The van der Waals surface area contributed by atoms with Crippen LogP contribution < -0.4 is 16.0 Å². The SMILES string of the molecule is CCc1cc(Nc2nccn3c(-c4cn(CC#N)nc4C#N)cnc23)ccc1C(=O)NCCOCCNC(=O)O. The van der Waals surface area contributed by atoms with Crippen LogP contribution >= 0.6 is 0 Å². The maximum atomic E-state index is 12.7. The minimum absolute atomic E-state index is 0.0215. The Kier molecular flexibility index (Phi) is 8.86. The predicted octanol–water partition coefficient (Wildman–Crippen LogP) is 2.31. The molecule has 1 aromatic carbocycles. The van der Waals surface area contributed by atoms with E-state index >= 15 is 0 Å². The Hall–Kier alpha value is -5.47. The number of amides is 2. The topological polar surface area (TPSA) is 195 Å². The van der Waals surface area contributed by atoms with E-state index in [-0.39, 0.29) is 44.4 Å². The lowest BCUT2D eigenvalue weighted by molar-refractivity contribution is 0.0916. The monoisotopic (exact) mass is 542 g/mol. The number of carbonyl (C=O) groups is 2. The summed E-state index contributed by atoms with van der Waals surface area (Å²) in [4.78, 5) is 32.1. The Bertz CT molecular complexity index is 1610. The molecule has 204 valence electrons. The number of carbonyl (C=O) groups excluding carboxylic acids is 1. The fourth-order valence-electron chi connectivity index (χ4n) is 4.04. The van der Waals surface area contributed by atoms with Gasteiger partial charge in [0, 0.05) is 42.9 Å². The van der Waals surface area contributed by atoms with Crippen LogP contribution in [0.5, 0.6) is 0 Å². The molecule has 0 aliphatic heterocycles. The first-order chi connectivity index (χ1) is 19.4. The minimum Gasteiger partial charge on any atom is -0.465 e. The molecule has 0 aliphatic carbocycles. The molecule has 0 fully saturated rings. The van der Waals surface area contributed by atoms with E-state index in [0.29, 0.717) is 40.4 Å². The molecular formula is C26H26N10O4. The number of aryl methyl sites for hydroxylation is 1. The van der Waals surface area contributed by atoms with E-state index < -0.39 is 6.09 Å². The highest BCUT2D eigenvalue weighted by Gasteiger charge is 2.17. The Morgan fingerprint density at radius 2 is 1.95 bits per heavy atom. The van der Waals surface area contributed by atoms with Gasteiger partial charge >= 0.3 is 6.09 Å². The Morgan fingerprint density at radius 3 is 2.67 bits per heavy atom. The fraction of sp³-hybridized carbons (Fsp3) is 0.269. The van der Waals surface area contributed by atoms with Gasteiger partial charge in [-0.15, -0.1) is 0 Å². The molecule has 0 spiro atoms. The second kappa shape index (κ2) is 12.9. The number of carboxylic acid groups (broad SMARTS) is 1. The van der Waals surface area contributed by atoms with Crippen LogP contribution in [-0.4, -0.2) is 67.6 Å². The van der Waals surface area contributed by atoms with E-state index in [1.165, 1.54) is 4.68 Å². The number of aromatic nitrogens is 5. The van der Waals surface area contributed by atoms with Gasteiger partial charge in [-0.05, 0) is 30.2 Å². The molecule has 0 aliphatic rings. The van der Waals surface area contributed by atoms with E-state index in [9.17, 15) is 14.9 Å². The highest BCUT2D eigenvalue weighted by atomic mass is 16.5. The van der Waals surface area contributed by atoms with Crippen molar-refractivity contribution in [1.29, 1.82) is 10.5 Å². The van der Waals surface area contributed by atoms with E-state index in [2.05, 4.69) is 37.1 Å². The predicted molar refractivity (Wildman–Crippen MR) is 143 cm³/mol. The number of anilines is 2. The Balaban J connectivity index is 1.47. The highest BCUT2D eigenvalue weighted by Crippen LogP contribution is 2.28. The van der Waals surface area contributed by atoms with Crippen LogP contribution in [0.1, 0.15) is 28.5 Å². The van der Waals surface area contributed by atoms with E-state index in [4.69, 9.17) is 15.1 Å². The van der Waals surface area contributed by atoms with Gasteiger partial charge in [0.25, 0.3) is 5.91 Å². The number of nitriles is 2. The molecule has 0 saturated heterocycles. The third-order valence-corrected chi connectivity index (χ3v) is 5.85. The average Bonchev–Trinajstić information content (AvgIpc) is 3.56. The summed E-state index contributed by atoms with van der Waals surface area (Å²) in [5.74, 6) is 0.240. The summed E-state index contributed by atoms with van der Waals surface area (Å²) >= 11 is 0. The van der Waals surface area contributed by atoms with Crippen LogP contribution in [0.2, 0.25) is 0 Å². The summed E-state index contributed by atoms with van der Waals surface area (Å²) in [6.07, 6.45) is 6.09. The van der Waals surface area contributed by atoms with Crippen molar-refractivity contribution >= 4 is 29.2 Å². The van der Waals surface area contributed by atoms with Gasteiger partial charge in [-0.25, -0.2) is 14.8 Å². The van der Waals surface area contributed by atoms with Crippen LogP contribution in [0.4, 0.5) is 16.3 Å². The smallest absolute Gasteiger partial charge is 0.404 e. The fourth-order valence-corrected chi connectivity index (χ4v) is 4.04. The van der Waals surface area contributed by atoms with Crippen molar-refractivity contribution in [2.45, 2.75) is 19.9 Å². The first-order valence-corrected chi connectivity index (χ1v) is 12.3. The lowest BCUT2D eigenvalue weighted by Crippen LogP contribution is -2.30. The summed E-state index contributed by atoms with van der Waals surface area (Å²) < 4.78 is 8.50. The van der Waals surface area contributed by atoms with Crippen LogP contribution in [0.15, 0.2) is 43.0 Å². The van der Waals surface area contributed by atoms with Gasteiger partial charge in [0.05, 0.1) is 36.7 Å². The van der Waals surface area contributed by atoms with E-state index in [0.717, 1.165) is 5.56 Å². The molecule has 0 radical (unpaired) electrons. The highest BCUT2D eigenvalue weighted by molar-refractivity contribution is 5.96. The van der Waals surface area contributed by atoms with Gasteiger partial charge in [-0.3, -0.25) is 13.9 Å². The maximum absolute atomic E-state index is 12.7. The van der Waals surface area contributed by atoms with Gasteiger partial charge in [0.1, 0.15) is 12.6 Å². The lowest BCUT2D eigenvalue weighted by Gasteiger charge is -2.13. The van der Waals surface area contributed by atoms with Gasteiger partial charge in [0.2, 0.25) is 0 Å². The quantitative estimate of drug-likeness (QED) is 0.193. The largest absolute Gasteiger partial charge is 0.465 e. The van der Waals surface area contributed by atoms with Crippen molar-refractivity contribution in [3.05, 3.63) is 59.8 Å². The number of hydrogen-bond acceptors (Lipinski definition) is 9. The second-order valence-corrected chi connectivity index (χ2v) is 8.42. The molecule has 14 heteroatoms. The molecule has 2 amide bonds. The number of imidazole rings is 1. The van der Waals surface area contributed by atoms with Crippen molar-refractivity contribution in [2.75, 3.05) is 31.6 Å². The van der Waals surface area contributed by atoms with Gasteiger partial charge in [-0.1, -0.05) is 6.92 Å². The minimum atomic E-state index is -1.11. The normalized spacial score (nSPS) is 10.6.